The summed E-state index contributed by atoms with van der Waals surface area (Å²) in [6, 6.07) is 12.8. The van der Waals surface area contributed by atoms with Gasteiger partial charge in [0.1, 0.15) is 36.0 Å². The third kappa shape index (κ3) is 6.83. The Morgan fingerprint density at radius 3 is 2.36 bits per heavy atom. The van der Waals surface area contributed by atoms with Crippen LogP contribution in [0.3, 0.4) is 0 Å². The Bertz CT molecular complexity index is 773. The Morgan fingerprint density at radius 2 is 1.75 bits per heavy atom. The summed E-state index contributed by atoms with van der Waals surface area (Å²) in [7, 11) is 0. The molecule has 0 spiro atoms. The molecule has 0 saturated heterocycles. The van der Waals surface area contributed by atoms with E-state index in [0.29, 0.717) is 16.9 Å². The normalized spacial score (nSPS) is 13.5. The summed E-state index contributed by atoms with van der Waals surface area (Å²) in [6.45, 7) is 5.10. The van der Waals surface area contributed by atoms with Gasteiger partial charge in [0.25, 0.3) is 0 Å². The molecule has 0 radical (unpaired) electrons. The molecule has 0 fully saturated rings. The Morgan fingerprint density at radius 1 is 1.11 bits per heavy atom. The molecule has 2 atom stereocenters. The van der Waals surface area contributed by atoms with Gasteiger partial charge in [-0.3, -0.25) is 0 Å². The minimum absolute atomic E-state index is 0.0804. The molecule has 2 unspecified atom stereocenters. The van der Waals surface area contributed by atoms with Gasteiger partial charge < -0.3 is 25.0 Å². The third-order valence-electron chi connectivity index (χ3n) is 3.79. The summed E-state index contributed by atoms with van der Waals surface area (Å²) < 4.78 is 24.2. The topological polar surface area (TPSA) is 88.0 Å². The second kappa shape index (κ2) is 9.52. The van der Waals surface area contributed by atoms with Crippen LogP contribution in [-0.4, -0.2) is 34.6 Å². The molecule has 0 aliphatic carbocycles. The molecule has 1 amide bonds. The van der Waals surface area contributed by atoms with Crippen molar-refractivity contribution in [2.45, 2.75) is 45.2 Å². The smallest absolute Gasteiger partial charge is 0.407 e. The quantitative estimate of drug-likeness (QED) is 0.674. The Labute approximate surface area is 163 Å². The number of hydrogen-bond acceptors (Lipinski definition) is 5. The summed E-state index contributed by atoms with van der Waals surface area (Å²) in [5.74, 6) is 0.163. The van der Waals surface area contributed by atoms with Gasteiger partial charge >= 0.3 is 6.09 Å². The van der Waals surface area contributed by atoms with Crippen LogP contribution >= 0.6 is 0 Å². The van der Waals surface area contributed by atoms with E-state index in [1.807, 2.05) is 0 Å². The molecule has 0 aromatic heterocycles. The lowest BCUT2D eigenvalue weighted by Gasteiger charge is -2.22. The number of aliphatic hydroxyl groups is 2. The second-order valence-corrected chi connectivity index (χ2v) is 7.34. The lowest BCUT2D eigenvalue weighted by atomic mass is 10.0. The van der Waals surface area contributed by atoms with Gasteiger partial charge in [0.05, 0.1) is 0 Å². The zero-order chi connectivity index (χ0) is 20.7. The molecule has 0 bridgehead atoms. The molecular formula is C21H26FNO5. The fraction of sp³-hybridized carbons (Fsp3) is 0.381. The van der Waals surface area contributed by atoms with Crippen molar-refractivity contribution in [3.8, 4) is 5.75 Å². The largest absolute Gasteiger partial charge is 0.489 e. The zero-order valence-electron chi connectivity index (χ0n) is 16.2. The van der Waals surface area contributed by atoms with E-state index in [4.69, 9.17) is 9.47 Å². The molecule has 0 heterocycles. The first-order valence-electron chi connectivity index (χ1n) is 8.95. The molecule has 2 rings (SSSR count). The molecule has 6 nitrogen and oxygen atoms in total. The van der Waals surface area contributed by atoms with Crippen molar-refractivity contribution < 1.29 is 28.9 Å². The Balaban J connectivity index is 1.86. The number of aliphatic hydroxyl groups excluding tert-OH is 2. The van der Waals surface area contributed by atoms with E-state index in [-0.39, 0.29) is 19.0 Å². The highest BCUT2D eigenvalue weighted by Gasteiger charge is 2.21. The summed E-state index contributed by atoms with van der Waals surface area (Å²) in [4.78, 5) is 11.6. The van der Waals surface area contributed by atoms with Crippen LogP contribution in [-0.2, 0) is 11.3 Å². The number of amides is 1. The van der Waals surface area contributed by atoms with Gasteiger partial charge in [-0.15, -0.1) is 0 Å². The van der Waals surface area contributed by atoms with Gasteiger partial charge in [0.2, 0.25) is 0 Å². The minimum Gasteiger partial charge on any atom is -0.489 e. The zero-order valence-corrected chi connectivity index (χ0v) is 16.2. The molecule has 0 aliphatic rings. The van der Waals surface area contributed by atoms with Crippen LogP contribution in [0.2, 0.25) is 0 Å². The standard InChI is InChI=1S/C21H26FNO5/c1-21(2,3)28-20(26)23-12-18(24)19(25)14-8-10-16(11-9-14)27-13-15-6-4-5-7-17(15)22/h4-11,18-19,24-25H,12-13H2,1-3H3,(H,23,26). The van der Waals surface area contributed by atoms with Crippen molar-refractivity contribution in [1.82, 2.24) is 5.32 Å². The van der Waals surface area contributed by atoms with Gasteiger partial charge in [-0.2, -0.15) is 0 Å². The molecule has 0 aliphatic heterocycles. The highest BCUT2D eigenvalue weighted by Crippen LogP contribution is 2.21. The number of alkyl carbamates (subject to hydrolysis) is 1. The van der Waals surface area contributed by atoms with Crippen molar-refractivity contribution >= 4 is 6.09 Å². The molecular weight excluding hydrogens is 365 g/mol. The highest BCUT2D eigenvalue weighted by molar-refractivity contribution is 5.67. The van der Waals surface area contributed by atoms with Gasteiger partial charge in [-0.05, 0) is 44.5 Å². The van der Waals surface area contributed by atoms with Crippen molar-refractivity contribution in [3.63, 3.8) is 0 Å². The van der Waals surface area contributed by atoms with Crippen LogP contribution < -0.4 is 10.1 Å². The predicted octanol–water partition coefficient (Wildman–Crippen LogP) is 3.32. The molecule has 152 valence electrons. The van der Waals surface area contributed by atoms with E-state index >= 15 is 0 Å². The number of benzene rings is 2. The van der Waals surface area contributed by atoms with Crippen molar-refractivity contribution in [3.05, 3.63) is 65.5 Å². The second-order valence-electron chi connectivity index (χ2n) is 7.34. The van der Waals surface area contributed by atoms with Crippen LogP contribution in [0, 0.1) is 5.82 Å². The number of ether oxygens (including phenoxy) is 2. The SMILES string of the molecule is CC(C)(C)OC(=O)NCC(O)C(O)c1ccc(OCc2ccccc2F)cc1. The molecule has 2 aromatic rings. The fourth-order valence-corrected chi connectivity index (χ4v) is 2.37. The molecule has 2 aromatic carbocycles. The van der Waals surface area contributed by atoms with Gasteiger partial charge in [0.15, 0.2) is 0 Å². The van der Waals surface area contributed by atoms with E-state index in [0.717, 1.165) is 0 Å². The number of carbonyl (C=O) groups is 1. The third-order valence-corrected chi connectivity index (χ3v) is 3.79. The van der Waals surface area contributed by atoms with Gasteiger partial charge in [-0.1, -0.05) is 30.3 Å². The Hall–Kier alpha value is -2.64. The average molecular weight is 391 g/mol. The first-order chi connectivity index (χ1) is 13.2. The van der Waals surface area contributed by atoms with Gasteiger partial charge in [0, 0.05) is 12.1 Å². The van der Waals surface area contributed by atoms with E-state index in [1.165, 1.54) is 6.07 Å². The van der Waals surface area contributed by atoms with Gasteiger partial charge in [-0.25, -0.2) is 9.18 Å². The van der Waals surface area contributed by atoms with Crippen LogP contribution in [0.1, 0.15) is 38.0 Å². The van der Waals surface area contributed by atoms with Crippen LogP contribution in [0.5, 0.6) is 5.75 Å². The fourth-order valence-electron chi connectivity index (χ4n) is 2.37. The highest BCUT2D eigenvalue weighted by atomic mass is 19.1. The van der Waals surface area contributed by atoms with Crippen molar-refractivity contribution in [1.29, 1.82) is 0 Å². The van der Waals surface area contributed by atoms with Crippen LogP contribution in [0.25, 0.3) is 0 Å². The summed E-state index contributed by atoms with van der Waals surface area (Å²) >= 11 is 0. The Kier molecular flexibility index (Phi) is 7.37. The molecule has 0 saturated carbocycles. The minimum atomic E-state index is -1.21. The van der Waals surface area contributed by atoms with E-state index in [9.17, 15) is 19.4 Å². The lowest BCUT2D eigenvalue weighted by molar-refractivity contribution is 0.0129. The molecule has 28 heavy (non-hydrogen) atoms. The maximum atomic E-state index is 13.6. The first kappa shape index (κ1) is 21.7. The number of halogens is 1. The van der Waals surface area contributed by atoms with Crippen molar-refractivity contribution in [2.24, 2.45) is 0 Å². The van der Waals surface area contributed by atoms with E-state index in [1.54, 1.807) is 63.2 Å². The first-order valence-corrected chi connectivity index (χ1v) is 8.95. The van der Waals surface area contributed by atoms with Crippen molar-refractivity contribution in [2.75, 3.05) is 6.54 Å². The lowest BCUT2D eigenvalue weighted by Crippen LogP contribution is -2.38. The van der Waals surface area contributed by atoms with Crippen LogP contribution in [0.4, 0.5) is 9.18 Å². The maximum absolute atomic E-state index is 13.6. The van der Waals surface area contributed by atoms with E-state index < -0.39 is 23.9 Å². The monoisotopic (exact) mass is 391 g/mol. The predicted molar refractivity (Wildman–Crippen MR) is 102 cm³/mol. The molecule has 7 heteroatoms. The van der Waals surface area contributed by atoms with E-state index in [2.05, 4.69) is 5.32 Å². The summed E-state index contributed by atoms with van der Waals surface area (Å²) in [5.41, 5.74) is 0.249. The summed E-state index contributed by atoms with van der Waals surface area (Å²) in [5, 5.41) is 22.7. The number of nitrogens with one attached hydrogen (secondary N) is 1. The number of hydrogen-bond donors (Lipinski definition) is 3. The molecule has 3 N–H and O–H groups in total. The maximum Gasteiger partial charge on any atom is 0.407 e. The number of rotatable bonds is 7. The number of carbonyl (C=O) groups excluding carboxylic acids is 1. The summed E-state index contributed by atoms with van der Waals surface area (Å²) in [6.07, 6.45) is -3.08. The van der Waals surface area contributed by atoms with Crippen LogP contribution in [0.15, 0.2) is 48.5 Å². The average Bonchev–Trinajstić information content (AvgIpc) is 2.64.